The van der Waals surface area contributed by atoms with Crippen LogP contribution in [0, 0.1) is 6.92 Å². The second-order valence-corrected chi connectivity index (χ2v) is 4.87. The van der Waals surface area contributed by atoms with E-state index in [9.17, 15) is 4.79 Å². The molecule has 4 heteroatoms. The molecule has 3 nitrogen and oxygen atoms in total. The summed E-state index contributed by atoms with van der Waals surface area (Å²) in [7, 11) is 0. The predicted molar refractivity (Wildman–Crippen MR) is 67.4 cm³/mol. The molecule has 0 atom stereocenters. The lowest BCUT2D eigenvalue weighted by atomic mass is 10.2. The van der Waals surface area contributed by atoms with Crippen LogP contribution in [-0.4, -0.2) is 16.1 Å². The summed E-state index contributed by atoms with van der Waals surface area (Å²) in [5, 5.41) is 9.65. The van der Waals surface area contributed by atoms with E-state index in [0.29, 0.717) is 0 Å². The van der Waals surface area contributed by atoms with Gasteiger partial charge in [-0.2, -0.15) is 0 Å². The highest BCUT2D eigenvalue weighted by molar-refractivity contribution is 7.99. The number of hydrogen-bond donors (Lipinski definition) is 2. The van der Waals surface area contributed by atoms with E-state index in [0.717, 1.165) is 10.7 Å². The predicted octanol–water partition coefficient (Wildman–Crippen LogP) is 3.10. The first-order chi connectivity index (χ1) is 8.15. The number of aryl methyl sites for hydroxylation is 1. The largest absolute Gasteiger partial charge is 0.481 e. The van der Waals surface area contributed by atoms with Crippen LogP contribution in [0.15, 0.2) is 46.3 Å². The Kier molecular flexibility index (Phi) is 3.54. The van der Waals surface area contributed by atoms with Crippen molar-refractivity contribution >= 4 is 17.7 Å². The number of H-pyrrole nitrogens is 1. The number of benzene rings is 1. The van der Waals surface area contributed by atoms with Gasteiger partial charge in [-0.3, -0.25) is 4.79 Å². The summed E-state index contributed by atoms with van der Waals surface area (Å²) in [5.41, 5.74) is 1.94. The van der Waals surface area contributed by atoms with Gasteiger partial charge in [-0.05, 0) is 30.7 Å². The topological polar surface area (TPSA) is 53.1 Å². The third kappa shape index (κ3) is 3.14. The SMILES string of the molecule is Cc1ccccc1Sc1ccc(CC(=O)O)[nH]1. The van der Waals surface area contributed by atoms with E-state index < -0.39 is 5.97 Å². The summed E-state index contributed by atoms with van der Waals surface area (Å²) in [4.78, 5) is 14.8. The quantitative estimate of drug-likeness (QED) is 0.872. The summed E-state index contributed by atoms with van der Waals surface area (Å²) in [6.07, 6.45) is 0.0360. The van der Waals surface area contributed by atoms with E-state index in [1.54, 1.807) is 11.8 Å². The molecule has 2 aromatic rings. The summed E-state index contributed by atoms with van der Waals surface area (Å²) >= 11 is 1.61. The van der Waals surface area contributed by atoms with Gasteiger partial charge in [-0.25, -0.2) is 0 Å². The molecule has 0 amide bonds. The Labute approximate surface area is 104 Å². The van der Waals surface area contributed by atoms with Crippen molar-refractivity contribution in [2.24, 2.45) is 0 Å². The second-order valence-electron chi connectivity index (χ2n) is 3.79. The Bertz CT molecular complexity index is 534. The molecule has 2 N–H and O–H groups in total. The van der Waals surface area contributed by atoms with E-state index in [-0.39, 0.29) is 6.42 Å². The summed E-state index contributed by atoms with van der Waals surface area (Å²) in [6.45, 7) is 2.06. The van der Waals surface area contributed by atoms with Crippen molar-refractivity contribution in [3.05, 3.63) is 47.7 Å². The molecule has 1 aromatic heterocycles. The van der Waals surface area contributed by atoms with Crippen molar-refractivity contribution in [3.63, 3.8) is 0 Å². The first kappa shape index (κ1) is 11.8. The van der Waals surface area contributed by atoms with Crippen LogP contribution in [0.4, 0.5) is 0 Å². The maximum absolute atomic E-state index is 10.6. The highest BCUT2D eigenvalue weighted by Gasteiger charge is 2.05. The fourth-order valence-electron chi connectivity index (χ4n) is 1.53. The molecule has 2 rings (SSSR count). The maximum atomic E-state index is 10.6. The number of nitrogens with one attached hydrogen (secondary N) is 1. The summed E-state index contributed by atoms with van der Waals surface area (Å²) in [6, 6.07) is 11.8. The zero-order chi connectivity index (χ0) is 12.3. The van der Waals surface area contributed by atoms with E-state index >= 15 is 0 Å². The Balaban J connectivity index is 2.12. The van der Waals surface area contributed by atoms with Gasteiger partial charge < -0.3 is 10.1 Å². The number of rotatable bonds is 4. The summed E-state index contributed by atoms with van der Waals surface area (Å²) < 4.78 is 0. The molecule has 17 heavy (non-hydrogen) atoms. The minimum atomic E-state index is -0.820. The van der Waals surface area contributed by atoms with Crippen molar-refractivity contribution in [1.29, 1.82) is 0 Å². The molecule has 1 aromatic carbocycles. The first-order valence-corrected chi connectivity index (χ1v) is 6.10. The first-order valence-electron chi connectivity index (χ1n) is 5.28. The number of carboxylic acid groups (broad SMARTS) is 1. The van der Waals surface area contributed by atoms with Gasteiger partial charge >= 0.3 is 5.97 Å². The van der Waals surface area contributed by atoms with Crippen molar-refractivity contribution < 1.29 is 9.90 Å². The standard InChI is InChI=1S/C13H13NO2S/c1-9-4-2-3-5-11(9)17-12-7-6-10(14-12)8-13(15)16/h2-7,14H,8H2,1H3,(H,15,16). The lowest BCUT2D eigenvalue weighted by Gasteiger charge is -2.02. The number of aromatic nitrogens is 1. The Morgan fingerprint density at radius 1 is 1.29 bits per heavy atom. The normalized spacial score (nSPS) is 10.4. The van der Waals surface area contributed by atoms with Crippen LogP contribution >= 0.6 is 11.8 Å². The van der Waals surface area contributed by atoms with Crippen LogP contribution in [-0.2, 0) is 11.2 Å². The van der Waals surface area contributed by atoms with Gasteiger partial charge in [0, 0.05) is 10.6 Å². The van der Waals surface area contributed by atoms with Crippen molar-refractivity contribution in [2.75, 3.05) is 0 Å². The van der Waals surface area contributed by atoms with Crippen LogP contribution in [0.2, 0.25) is 0 Å². The van der Waals surface area contributed by atoms with Crippen molar-refractivity contribution in [1.82, 2.24) is 4.98 Å². The minimum absolute atomic E-state index is 0.0360. The number of carbonyl (C=O) groups is 1. The van der Waals surface area contributed by atoms with Crippen molar-refractivity contribution in [2.45, 2.75) is 23.3 Å². The highest BCUT2D eigenvalue weighted by Crippen LogP contribution is 2.29. The molecule has 0 aliphatic heterocycles. The molecule has 88 valence electrons. The monoisotopic (exact) mass is 247 g/mol. The van der Waals surface area contributed by atoms with Crippen LogP contribution < -0.4 is 0 Å². The second kappa shape index (κ2) is 5.10. The average Bonchev–Trinajstić information content (AvgIpc) is 2.68. The molecule has 1 heterocycles. The number of carboxylic acids is 1. The highest BCUT2D eigenvalue weighted by atomic mass is 32.2. The van der Waals surface area contributed by atoms with Crippen LogP contribution in [0.25, 0.3) is 0 Å². The van der Waals surface area contributed by atoms with Gasteiger partial charge in [0.05, 0.1) is 11.4 Å². The molecule has 0 aliphatic rings. The van der Waals surface area contributed by atoms with Crippen LogP contribution in [0.5, 0.6) is 0 Å². The van der Waals surface area contributed by atoms with Crippen LogP contribution in [0.1, 0.15) is 11.3 Å². The Morgan fingerprint density at radius 2 is 2.06 bits per heavy atom. The molecule has 0 fully saturated rings. The fourth-order valence-corrected chi connectivity index (χ4v) is 2.46. The Hall–Kier alpha value is -1.68. The molecule has 0 aliphatic carbocycles. The zero-order valence-electron chi connectivity index (χ0n) is 9.43. The third-order valence-electron chi connectivity index (χ3n) is 2.37. The lowest BCUT2D eigenvalue weighted by Crippen LogP contribution is -1.99. The Morgan fingerprint density at radius 3 is 2.76 bits per heavy atom. The van der Waals surface area contributed by atoms with Gasteiger partial charge in [0.25, 0.3) is 0 Å². The summed E-state index contributed by atoms with van der Waals surface area (Å²) in [5.74, 6) is -0.820. The van der Waals surface area contributed by atoms with Gasteiger partial charge in [0.1, 0.15) is 0 Å². The number of aromatic amines is 1. The van der Waals surface area contributed by atoms with Crippen LogP contribution in [0.3, 0.4) is 0 Å². The molecule has 0 unspecified atom stereocenters. The number of hydrogen-bond acceptors (Lipinski definition) is 2. The molecule has 0 spiro atoms. The van der Waals surface area contributed by atoms with Gasteiger partial charge in [0.2, 0.25) is 0 Å². The van der Waals surface area contributed by atoms with Gasteiger partial charge in [-0.15, -0.1) is 0 Å². The lowest BCUT2D eigenvalue weighted by molar-refractivity contribution is -0.136. The van der Waals surface area contributed by atoms with Gasteiger partial charge in [-0.1, -0.05) is 30.0 Å². The van der Waals surface area contributed by atoms with E-state index in [1.165, 1.54) is 10.5 Å². The molecule has 0 radical (unpaired) electrons. The third-order valence-corrected chi connectivity index (χ3v) is 3.51. The number of aliphatic carboxylic acids is 1. The van der Waals surface area contributed by atoms with Crippen molar-refractivity contribution in [3.8, 4) is 0 Å². The minimum Gasteiger partial charge on any atom is -0.481 e. The van der Waals surface area contributed by atoms with E-state index in [2.05, 4.69) is 24.0 Å². The van der Waals surface area contributed by atoms with E-state index in [4.69, 9.17) is 5.11 Å². The van der Waals surface area contributed by atoms with E-state index in [1.807, 2.05) is 24.3 Å². The average molecular weight is 247 g/mol. The molecule has 0 saturated heterocycles. The molecule has 0 saturated carbocycles. The zero-order valence-corrected chi connectivity index (χ0v) is 10.3. The smallest absolute Gasteiger partial charge is 0.309 e. The van der Waals surface area contributed by atoms with Gasteiger partial charge in [0.15, 0.2) is 0 Å². The molecular formula is C13H13NO2S. The fraction of sp³-hybridized carbons (Fsp3) is 0.154. The molecular weight excluding hydrogens is 234 g/mol. The molecule has 0 bridgehead atoms. The maximum Gasteiger partial charge on any atom is 0.309 e.